The van der Waals surface area contributed by atoms with Gasteiger partial charge >= 0.3 is 0 Å². The number of amides is 1. The quantitative estimate of drug-likeness (QED) is 0.905. The zero-order valence-corrected chi connectivity index (χ0v) is 11.7. The van der Waals surface area contributed by atoms with E-state index < -0.39 is 6.04 Å². The van der Waals surface area contributed by atoms with Crippen molar-refractivity contribution in [2.24, 2.45) is 5.92 Å². The summed E-state index contributed by atoms with van der Waals surface area (Å²) in [6.45, 7) is 4.02. The number of benzene rings is 2. The Bertz CT molecular complexity index is 614. The van der Waals surface area contributed by atoms with Crippen molar-refractivity contribution in [2.75, 3.05) is 0 Å². The van der Waals surface area contributed by atoms with Crippen molar-refractivity contribution >= 4 is 23.0 Å². The Kier molecular flexibility index (Phi) is 4.51. The minimum absolute atomic E-state index is 0.226. The average molecular weight is 268 g/mol. The lowest BCUT2D eigenvalue weighted by atomic mass is 10.0. The Morgan fingerprint density at radius 2 is 1.85 bits per heavy atom. The van der Waals surface area contributed by atoms with Crippen molar-refractivity contribution in [2.45, 2.75) is 26.3 Å². The third kappa shape index (κ3) is 3.23. The van der Waals surface area contributed by atoms with Gasteiger partial charge in [0.15, 0.2) is 0 Å². The van der Waals surface area contributed by atoms with Crippen molar-refractivity contribution < 1.29 is 9.59 Å². The molecule has 0 aliphatic rings. The van der Waals surface area contributed by atoms with Crippen LogP contribution in [0.4, 0.5) is 0 Å². The number of rotatable bonds is 5. The molecular formula is C17H18NO2. The summed E-state index contributed by atoms with van der Waals surface area (Å²) in [6.07, 6.45) is 2.50. The molecule has 0 saturated heterocycles. The van der Waals surface area contributed by atoms with Crippen LogP contribution in [0.15, 0.2) is 42.5 Å². The molecule has 0 aliphatic carbocycles. The van der Waals surface area contributed by atoms with Crippen LogP contribution >= 0.6 is 0 Å². The van der Waals surface area contributed by atoms with E-state index in [0.717, 1.165) is 10.8 Å². The Labute approximate surface area is 119 Å². The number of fused-ring (bicyclic) bond motifs is 1. The summed E-state index contributed by atoms with van der Waals surface area (Å²) in [4.78, 5) is 23.3. The Balaban J connectivity index is 2.25. The van der Waals surface area contributed by atoms with E-state index in [9.17, 15) is 9.59 Å². The van der Waals surface area contributed by atoms with Crippen LogP contribution in [0.25, 0.3) is 10.8 Å². The van der Waals surface area contributed by atoms with Crippen LogP contribution in [0, 0.1) is 5.92 Å². The number of carbonyl (C=O) groups excluding carboxylic acids is 2. The Hall–Kier alpha value is -2.16. The van der Waals surface area contributed by atoms with Crippen LogP contribution in [0.5, 0.6) is 0 Å². The van der Waals surface area contributed by atoms with Gasteiger partial charge in [0.1, 0.15) is 0 Å². The van der Waals surface area contributed by atoms with Crippen LogP contribution in [-0.4, -0.2) is 18.2 Å². The SMILES string of the molecule is CC(C)C[C@@H]([C]=O)NC(=O)c1cccc2ccccc12. The van der Waals surface area contributed by atoms with Crippen molar-refractivity contribution in [1.82, 2.24) is 5.32 Å². The molecule has 1 radical (unpaired) electrons. The van der Waals surface area contributed by atoms with E-state index in [-0.39, 0.29) is 5.91 Å². The van der Waals surface area contributed by atoms with Crippen LogP contribution in [0.3, 0.4) is 0 Å². The number of carbonyl (C=O) groups is 1. The highest BCUT2D eigenvalue weighted by atomic mass is 16.2. The van der Waals surface area contributed by atoms with Gasteiger partial charge in [0.2, 0.25) is 6.29 Å². The summed E-state index contributed by atoms with van der Waals surface area (Å²) >= 11 is 0. The van der Waals surface area contributed by atoms with E-state index in [2.05, 4.69) is 5.32 Å². The van der Waals surface area contributed by atoms with Crippen LogP contribution in [-0.2, 0) is 4.79 Å². The summed E-state index contributed by atoms with van der Waals surface area (Å²) in [5.74, 6) is 0.102. The highest BCUT2D eigenvalue weighted by molar-refractivity contribution is 6.07. The molecule has 103 valence electrons. The lowest BCUT2D eigenvalue weighted by Crippen LogP contribution is -2.37. The number of hydrogen-bond acceptors (Lipinski definition) is 2. The normalized spacial score (nSPS) is 12.3. The summed E-state index contributed by atoms with van der Waals surface area (Å²) in [7, 11) is 0. The fraction of sp³-hybridized carbons (Fsp3) is 0.294. The molecule has 1 amide bonds. The van der Waals surface area contributed by atoms with Gasteiger partial charge in [-0.25, -0.2) is 0 Å². The molecule has 0 bridgehead atoms. The van der Waals surface area contributed by atoms with Crippen molar-refractivity contribution in [1.29, 1.82) is 0 Å². The van der Waals surface area contributed by atoms with Gasteiger partial charge in [-0.3, -0.25) is 9.59 Å². The van der Waals surface area contributed by atoms with E-state index in [1.807, 2.05) is 56.5 Å². The number of nitrogens with one attached hydrogen (secondary N) is 1. The Morgan fingerprint density at radius 1 is 1.15 bits per heavy atom. The van der Waals surface area contributed by atoms with Crippen LogP contribution in [0.2, 0.25) is 0 Å². The molecule has 0 unspecified atom stereocenters. The van der Waals surface area contributed by atoms with Gasteiger partial charge in [0, 0.05) is 5.56 Å². The zero-order chi connectivity index (χ0) is 14.5. The first-order valence-electron chi connectivity index (χ1n) is 6.78. The smallest absolute Gasteiger partial charge is 0.252 e. The minimum atomic E-state index is -0.554. The fourth-order valence-electron chi connectivity index (χ4n) is 2.27. The second kappa shape index (κ2) is 6.33. The molecule has 0 aliphatic heterocycles. The maximum atomic E-state index is 12.3. The Morgan fingerprint density at radius 3 is 2.55 bits per heavy atom. The van der Waals surface area contributed by atoms with E-state index in [1.54, 1.807) is 6.07 Å². The molecule has 0 aromatic heterocycles. The van der Waals surface area contributed by atoms with E-state index in [1.165, 1.54) is 0 Å². The van der Waals surface area contributed by atoms with Gasteiger partial charge in [0.25, 0.3) is 5.91 Å². The monoisotopic (exact) mass is 268 g/mol. The molecule has 2 rings (SSSR count). The lowest BCUT2D eigenvalue weighted by molar-refractivity contribution is 0.0945. The third-order valence-corrected chi connectivity index (χ3v) is 3.19. The molecule has 0 saturated carbocycles. The first-order valence-corrected chi connectivity index (χ1v) is 6.78. The maximum absolute atomic E-state index is 12.3. The zero-order valence-electron chi connectivity index (χ0n) is 11.7. The van der Waals surface area contributed by atoms with E-state index in [0.29, 0.717) is 17.9 Å². The molecular weight excluding hydrogens is 250 g/mol. The third-order valence-electron chi connectivity index (χ3n) is 3.19. The summed E-state index contributed by atoms with van der Waals surface area (Å²) in [5, 5.41) is 4.64. The second-order valence-electron chi connectivity index (χ2n) is 5.30. The van der Waals surface area contributed by atoms with Gasteiger partial charge in [-0.05, 0) is 29.2 Å². The van der Waals surface area contributed by atoms with Crippen LogP contribution < -0.4 is 5.32 Å². The highest BCUT2D eigenvalue weighted by Crippen LogP contribution is 2.18. The molecule has 2 aromatic carbocycles. The first-order chi connectivity index (χ1) is 9.61. The van der Waals surface area contributed by atoms with E-state index >= 15 is 0 Å². The van der Waals surface area contributed by atoms with Gasteiger partial charge in [-0.1, -0.05) is 50.2 Å². The second-order valence-corrected chi connectivity index (χ2v) is 5.30. The largest absolute Gasteiger partial charge is 0.342 e. The minimum Gasteiger partial charge on any atom is -0.342 e. The molecule has 0 spiro atoms. The lowest BCUT2D eigenvalue weighted by Gasteiger charge is -2.15. The summed E-state index contributed by atoms with van der Waals surface area (Å²) in [6, 6.07) is 12.7. The van der Waals surface area contributed by atoms with Crippen molar-refractivity contribution in [3.63, 3.8) is 0 Å². The first kappa shape index (κ1) is 14.3. The topological polar surface area (TPSA) is 46.2 Å². The predicted molar refractivity (Wildman–Crippen MR) is 80.4 cm³/mol. The van der Waals surface area contributed by atoms with Gasteiger partial charge in [-0.15, -0.1) is 0 Å². The molecule has 2 aromatic rings. The molecule has 3 heteroatoms. The maximum Gasteiger partial charge on any atom is 0.252 e. The summed E-state index contributed by atoms with van der Waals surface area (Å²) in [5.41, 5.74) is 0.590. The molecule has 0 heterocycles. The van der Waals surface area contributed by atoms with E-state index in [4.69, 9.17) is 0 Å². The average Bonchev–Trinajstić information content (AvgIpc) is 2.45. The molecule has 20 heavy (non-hydrogen) atoms. The number of hydrogen-bond donors (Lipinski definition) is 1. The summed E-state index contributed by atoms with van der Waals surface area (Å²) < 4.78 is 0. The van der Waals surface area contributed by atoms with Crippen LogP contribution in [0.1, 0.15) is 30.6 Å². The fourth-order valence-corrected chi connectivity index (χ4v) is 2.27. The molecule has 3 nitrogen and oxygen atoms in total. The van der Waals surface area contributed by atoms with Gasteiger partial charge in [0.05, 0.1) is 6.04 Å². The predicted octanol–water partition coefficient (Wildman–Crippen LogP) is 3.09. The highest BCUT2D eigenvalue weighted by Gasteiger charge is 2.16. The standard InChI is InChI=1S/C17H18NO2/c1-12(2)10-14(11-19)18-17(20)16-9-5-7-13-6-3-4-8-15(13)16/h3-9,12,14H,10H2,1-2H3,(H,18,20)/t14-/m0/s1. The molecule has 1 N–H and O–H groups in total. The van der Waals surface area contributed by atoms with Crippen molar-refractivity contribution in [3.8, 4) is 0 Å². The van der Waals surface area contributed by atoms with Crippen molar-refractivity contribution in [3.05, 3.63) is 48.0 Å². The van der Waals surface area contributed by atoms with Gasteiger partial charge in [-0.2, -0.15) is 0 Å². The molecule has 0 fully saturated rings. The molecule has 1 atom stereocenters. The van der Waals surface area contributed by atoms with Gasteiger partial charge < -0.3 is 5.32 Å².